The van der Waals surface area contributed by atoms with E-state index in [2.05, 4.69) is 15.6 Å². The molecule has 0 saturated carbocycles. The van der Waals surface area contributed by atoms with Crippen LogP contribution in [0.3, 0.4) is 0 Å². The highest BCUT2D eigenvalue weighted by Crippen LogP contribution is 2.30. The molecule has 0 bridgehead atoms. The van der Waals surface area contributed by atoms with Crippen LogP contribution in [-0.2, 0) is 6.18 Å². The van der Waals surface area contributed by atoms with Crippen LogP contribution in [0.5, 0.6) is 0 Å². The Balaban J connectivity index is 1.44. The molecule has 0 aliphatic carbocycles. The second-order valence-corrected chi connectivity index (χ2v) is 7.65. The Hall–Kier alpha value is -4.59. The summed E-state index contributed by atoms with van der Waals surface area (Å²) >= 11 is 0. The molecule has 35 heavy (non-hydrogen) atoms. The molecule has 0 fully saturated rings. The zero-order valence-electron chi connectivity index (χ0n) is 18.4. The van der Waals surface area contributed by atoms with E-state index in [9.17, 15) is 18.0 Å². The number of anilines is 2. The number of benzene rings is 4. The molecule has 8 heteroatoms. The van der Waals surface area contributed by atoms with Crippen LogP contribution in [-0.4, -0.2) is 11.9 Å². The largest absolute Gasteiger partial charge is 0.416 e. The highest BCUT2D eigenvalue weighted by atomic mass is 19.4. The first-order valence-electron chi connectivity index (χ1n) is 10.6. The number of hydrogen-bond acceptors (Lipinski definition) is 2. The van der Waals surface area contributed by atoms with Gasteiger partial charge in [0.15, 0.2) is 0 Å². The number of amidine groups is 1. The predicted octanol–water partition coefficient (Wildman–Crippen LogP) is 7.05. The molecular weight excluding hydrogens is 453 g/mol. The van der Waals surface area contributed by atoms with E-state index in [-0.39, 0.29) is 11.5 Å². The SMILES string of the molecule is NC(=Nc1ccc(-c2ccccc2)cc1)c1cccc(NC(=O)Nc2cccc(C(F)(F)F)c2)c1. The van der Waals surface area contributed by atoms with Crippen molar-refractivity contribution < 1.29 is 18.0 Å². The van der Waals surface area contributed by atoms with Crippen LogP contribution in [0.15, 0.2) is 108 Å². The quantitative estimate of drug-likeness (QED) is 0.214. The van der Waals surface area contributed by atoms with Crippen LogP contribution in [0.25, 0.3) is 11.1 Å². The van der Waals surface area contributed by atoms with Gasteiger partial charge in [0.2, 0.25) is 0 Å². The van der Waals surface area contributed by atoms with Crippen molar-refractivity contribution in [3.63, 3.8) is 0 Å². The number of hydrogen-bond donors (Lipinski definition) is 3. The Bertz CT molecular complexity index is 1350. The van der Waals surface area contributed by atoms with E-state index < -0.39 is 17.8 Å². The lowest BCUT2D eigenvalue weighted by Crippen LogP contribution is -2.20. The average molecular weight is 474 g/mol. The van der Waals surface area contributed by atoms with Crippen LogP contribution in [0.1, 0.15) is 11.1 Å². The normalized spacial score (nSPS) is 11.7. The van der Waals surface area contributed by atoms with Crippen LogP contribution in [0.2, 0.25) is 0 Å². The number of aliphatic imine (C=N–C) groups is 1. The number of rotatable bonds is 5. The summed E-state index contributed by atoms with van der Waals surface area (Å²) in [6.45, 7) is 0. The highest BCUT2D eigenvalue weighted by molar-refractivity contribution is 6.03. The second kappa shape index (κ2) is 10.1. The third-order valence-corrected chi connectivity index (χ3v) is 5.09. The number of halogens is 3. The van der Waals surface area contributed by atoms with Gasteiger partial charge in [0.25, 0.3) is 0 Å². The van der Waals surface area contributed by atoms with E-state index in [0.717, 1.165) is 23.3 Å². The fourth-order valence-corrected chi connectivity index (χ4v) is 3.39. The lowest BCUT2D eigenvalue weighted by molar-refractivity contribution is -0.137. The summed E-state index contributed by atoms with van der Waals surface area (Å²) in [7, 11) is 0. The summed E-state index contributed by atoms with van der Waals surface area (Å²) < 4.78 is 38.6. The molecule has 0 heterocycles. The van der Waals surface area contributed by atoms with Gasteiger partial charge in [-0.05, 0) is 53.6 Å². The average Bonchev–Trinajstić information content (AvgIpc) is 2.85. The lowest BCUT2D eigenvalue weighted by Gasteiger charge is -2.11. The molecule has 0 spiro atoms. The van der Waals surface area contributed by atoms with Gasteiger partial charge in [-0.3, -0.25) is 0 Å². The molecule has 0 aliphatic rings. The Labute approximate surface area is 200 Å². The van der Waals surface area contributed by atoms with E-state index in [4.69, 9.17) is 5.73 Å². The van der Waals surface area contributed by atoms with Crippen LogP contribution < -0.4 is 16.4 Å². The summed E-state index contributed by atoms with van der Waals surface area (Å²) in [6.07, 6.45) is -4.50. The maximum atomic E-state index is 12.9. The van der Waals surface area contributed by atoms with Gasteiger partial charge in [-0.25, -0.2) is 9.79 Å². The smallest absolute Gasteiger partial charge is 0.383 e. The van der Waals surface area contributed by atoms with Crippen LogP contribution >= 0.6 is 0 Å². The number of nitrogens with two attached hydrogens (primary N) is 1. The summed E-state index contributed by atoms with van der Waals surface area (Å²) in [5.41, 5.74) is 9.15. The van der Waals surface area contributed by atoms with Crippen molar-refractivity contribution in [2.75, 3.05) is 10.6 Å². The van der Waals surface area contributed by atoms with Gasteiger partial charge in [0.1, 0.15) is 5.84 Å². The van der Waals surface area contributed by atoms with Crippen molar-refractivity contribution in [1.82, 2.24) is 0 Å². The topological polar surface area (TPSA) is 79.5 Å². The molecule has 0 saturated heterocycles. The molecule has 0 unspecified atom stereocenters. The van der Waals surface area contributed by atoms with Crippen LogP contribution in [0, 0.1) is 0 Å². The fourth-order valence-electron chi connectivity index (χ4n) is 3.39. The molecule has 176 valence electrons. The number of urea groups is 1. The van der Waals surface area contributed by atoms with Crippen molar-refractivity contribution in [3.8, 4) is 11.1 Å². The van der Waals surface area contributed by atoms with Crippen molar-refractivity contribution in [2.45, 2.75) is 6.18 Å². The maximum Gasteiger partial charge on any atom is 0.416 e. The molecule has 0 aromatic heterocycles. The van der Waals surface area contributed by atoms with Crippen molar-refractivity contribution in [3.05, 3.63) is 114 Å². The number of carbonyl (C=O) groups is 1. The van der Waals surface area contributed by atoms with Gasteiger partial charge in [0, 0.05) is 16.9 Å². The number of nitrogens with zero attached hydrogens (tertiary/aromatic N) is 1. The number of nitrogens with one attached hydrogen (secondary N) is 2. The third kappa shape index (κ3) is 6.26. The first-order valence-corrected chi connectivity index (χ1v) is 10.6. The molecule has 4 N–H and O–H groups in total. The standard InChI is InChI=1S/C27H21F3N4O/c28-27(29,30)21-9-5-11-24(17-21)34-26(35)33-23-10-4-8-20(16-23)25(31)32-22-14-12-19(13-15-22)18-6-2-1-3-7-18/h1-17H,(H2,31,32)(H2,33,34,35). The van der Waals surface area contributed by atoms with Gasteiger partial charge < -0.3 is 16.4 Å². The minimum absolute atomic E-state index is 0.0218. The molecule has 4 aromatic rings. The lowest BCUT2D eigenvalue weighted by atomic mass is 10.1. The van der Waals surface area contributed by atoms with Gasteiger partial charge in [0.05, 0.1) is 11.3 Å². The Morgan fingerprint density at radius 1 is 0.714 bits per heavy atom. The summed E-state index contributed by atoms with van der Waals surface area (Å²) in [5.74, 6) is 0.249. The number of amides is 2. The van der Waals surface area contributed by atoms with E-state index >= 15 is 0 Å². The molecule has 2 amide bonds. The van der Waals surface area contributed by atoms with Gasteiger partial charge in [-0.1, -0.05) is 60.7 Å². The zero-order chi connectivity index (χ0) is 24.8. The number of alkyl halides is 3. The summed E-state index contributed by atoms with van der Waals surface area (Å²) in [4.78, 5) is 16.7. The molecule has 4 rings (SSSR count). The summed E-state index contributed by atoms with van der Waals surface area (Å²) in [6, 6.07) is 28.0. The van der Waals surface area contributed by atoms with Crippen LogP contribution in [0.4, 0.5) is 35.0 Å². The second-order valence-electron chi connectivity index (χ2n) is 7.65. The molecule has 0 atom stereocenters. The van der Waals surface area contributed by atoms with Gasteiger partial charge >= 0.3 is 12.2 Å². The Morgan fingerprint density at radius 2 is 1.31 bits per heavy atom. The maximum absolute atomic E-state index is 12.9. The first-order chi connectivity index (χ1) is 16.8. The molecule has 5 nitrogen and oxygen atoms in total. The van der Waals surface area contributed by atoms with E-state index in [1.165, 1.54) is 12.1 Å². The third-order valence-electron chi connectivity index (χ3n) is 5.09. The predicted molar refractivity (Wildman–Crippen MR) is 133 cm³/mol. The van der Waals surface area contributed by atoms with E-state index in [0.29, 0.717) is 16.9 Å². The van der Waals surface area contributed by atoms with Crippen molar-refractivity contribution in [1.29, 1.82) is 0 Å². The van der Waals surface area contributed by atoms with Gasteiger partial charge in [-0.15, -0.1) is 0 Å². The zero-order valence-corrected chi connectivity index (χ0v) is 18.4. The van der Waals surface area contributed by atoms with E-state index in [1.54, 1.807) is 24.3 Å². The molecule has 0 aliphatic heterocycles. The monoisotopic (exact) mass is 474 g/mol. The summed E-state index contributed by atoms with van der Waals surface area (Å²) in [5, 5.41) is 4.99. The minimum atomic E-state index is -4.50. The first kappa shape index (κ1) is 23.6. The molecular formula is C27H21F3N4O. The van der Waals surface area contributed by atoms with Crippen molar-refractivity contribution in [2.24, 2.45) is 10.7 Å². The Kier molecular flexibility index (Phi) is 6.82. The number of carbonyl (C=O) groups excluding carboxylic acids is 1. The van der Waals surface area contributed by atoms with E-state index in [1.807, 2.05) is 54.6 Å². The van der Waals surface area contributed by atoms with Crippen molar-refractivity contribution >= 4 is 28.9 Å². The minimum Gasteiger partial charge on any atom is -0.383 e. The fraction of sp³-hybridized carbons (Fsp3) is 0.0370. The highest BCUT2D eigenvalue weighted by Gasteiger charge is 2.30. The molecule has 4 aromatic carbocycles. The molecule has 0 radical (unpaired) electrons. The van der Waals surface area contributed by atoms with Gasteiger partial charge in [-0.2, -0.15) is 13.2 Å². The Morgan fingerprint density at radius 3 is 1.97 bits per heavy atom.